The largest absolute Gasteiger partial charge is 0.325 e. The first-order valence-corrected chi connectivity index (χ1v) is 8.67. The number of aromatic nitrogens is 3. The highest BCUT2D eigenvalue weighted by Gasteiger charge is 2.29. The highest BCUT2D eigenvalue weighted by molar-refractivity contribution is 5.68. The maximum atomic E-state index is 4.83. The predicted molar refractivity (Wildman–Crippen MR) is 101 cm³/mol. The lowest BCUT2D eigenvalue weighted by molar-refractivity contribution is 0.728. The first-order chi connectivity index (χ1) is 12.3. The number of anilines is 4. The van der Waals surface area contributed by atoms with Crippen molar-refractivity contribution < 1.29 is 0 Å². The zero-order valence-corrected chi connectivity index (χ0v) is 14.5. The van der Waals surface area contributed by atoms with E-state index in [0.717, 1.165) is 24.5 Å². The highest BCUT2D eigenvalue weighted by atomic mass is 15.4. The molecule has 1 unspecified atom stereocenters. The molecule has 2 heterocycles. The SMILES string of the molecule is CCN(c1ccccc1)c1cnnc(N2c3ccccc3CC2C)n1. The Morgan fingerprint density at radius 3 is 2.64 bits per heavy atom. The van der Waals surface area contributed by atoms with Crippen LogP contribution in [0.2, 0.25) is 0 Å². The molecule has 1 aliphatic rings. The van der Waals surface area contributed by atoms with E-state index in [0.29, 0.717) is 12.0 Å². The molecule has 5 heteroatoms. The summed E-state index contributed by atoms with van der Waals surface area (Å²) in [6.45, 7) is 5.13. The number of benzene rings is 2. The van der Waals surface area contributed by atoms with E-state index in [1.54, 1.807) is 6.20 Å². The Morgan fingerprint density at radius 2 is 1.84 bits per heavy atom. The maximum absolute atomic E-state index is 4.83. The number of rotatable bonds is 4. The minimum absolute atomic E-state index is 0.321. The van der Waals surface area contributed by atoms with Gasteiger partial charge >= 0.3 is 0 Å². The fourth-order valence-electron chi connectivity index (χ4n) is 3.47. The lowest BCUT2D eigenvalue weighted by Crippen LogP contribution is -2.27. The smallest absolute Gasteiger partial charge is 0.252 e. The third kappa shape index (κ3) is 2.82. The monoisotopic (exact) mass is 331 g/mol. The molecule has 5 nitrogen and oxygen atoms in total. The van der Waals surface area contributed by atoms with Gasteiger partial charge < -0.3 is 9.80 Å². The molecule has 0 bridgehead atoms. The third-order valence-electron chi connectivity index (χ3n) is 4.62. The normalized spacial score (nSPS) is 15.9. The summed E-state index contributed by atoms with van der Waals surface area (Å²) in [5.41, 5.74) is 3.61. The second-order valence-corrected chi connectivity index (χ2v) is 6.25. The van der Waals surface area contributed by atoms with E-state index in [1.807, 2.05) is 18.2 Å². The van der Waals surface area contributed by atoms with Crippen molar-refractivity contribution in [2.24, 2.45) is 0 Å². The average Bonchev–Trinajstić information content (AvgIpc) is 2.99. The molecule has 0 spiro atoms. The fourth-order valence-corrected chi connectivity index (χ4v) is 3.47. The van der Waals surface area contributed by atoms with Crippen LogP contribution in [0.1, 0.15) is 19.4 Å². The summed E-state index contributed by atoms with van der Waals surface area (Å²) >= 11 is 0. The second kappa shape index (κ2) is 6.51. The Hall–Kier alpha value is -2.95. The van der Waals surface area contributed by atoms with Gasteiger partial charge in [-0.05, 0) is 44.0 Å². The Morgan fingerprint density at radius 1 is 1.08 bits per heavy atom. The number of para-hydroxylation sites is 2. The molecule has 0 fully saturated rings. The van der Waals surface area contributed by atoms with Crippen molar-refractivity contribution in [3.63, 3.8) is 0 Å². The molecule has 1 atom stereocenters. The Balaban J connectivity index is 1.73. The summed E-state index contributed by atoms with van der Waals surface area (Å²) in [6.07, 6.45) is 2.73. The van der Waals surface area contributed by atoms with Gasteiger partial charge in [0, 0.05) is 24.0 Å². The highest BCUT2D eigenvalue weighted by Crippen LogP contribution is 2.36. The van der Waals surface area contributed by atoms with Crippen molar-refractivity contribution in [3.05, 3.63) is 66.4 Å². The van der Waals surface area contributed by atoms with Gasteiger partial charge in [-0.25, -0.2) is 0 Å². The van der Waals surface area contributed by atoms with Crippen LogP contribution in [0.4, 0.5) is 23.1 Å². The van der Waals surface area contributed by atoms with Crippen LogP contribution >= 0.6 is 0 Å². The van der Waals surface area contributed by atoms with Gasteiger partial charge in [0.2, 0.25) is 0 Å². The number of hydrogen-bond acceptors (Lipinski definition) is 5. The summed E-state index contributed by atoms with van der Waals surface area (Å²) in [6, 6.07) is 19.0. The molecule has 0 N–H and O–H groups in total. The van der Waals surface area contributed by atoms with Gasteiger partial charge in [-0.1, -0.05) is 36.4 Å². The van der Waals surface area contributed by atoms with Gasteiger partial charge in [0.05, 0.1) is 6.20 Å². The van der Waals surface area contributed by atoms with Crippen LogP contribution in [-0.2, 0) is 6.42 Å². The van der Waals surface area contributed by atoms with Crippen LogP contribution in [0.25, 0.3) is 0 Å². The first kappa shape index (κ1) is 15.6. The Kier molecular flexibility index (Phi) is 4.06. The summed E-state index contributed by atoms with van der Waals surface area (Å²) in [5, 5.41) is 8.55. The minimum atomic E-state index is 0.321. The molecule has 25 heavy (non-hydrogen) atoms. The lowest BCUT2D eigenvalue weighted by atomic mass is 10.1. The molecule has 2 aromatic carbocycles. The molecule has 0 amide bonds. The average molecular weight is 331 g/mol. The molecule has 126 valence electrons. The standard InChI is InChI=1S/C20H21N5/c1-3-24(17-10-5-4-6-11-17)19-14-21-23-20(22-19)25-15(2)13-16-9-7-8-12-18(16)25/h4-12,14-15H,3,13H2,1-2H3. The van der Waals surface area contributed by atoms with Gasteiger partial charge in [-0.3, -0.25) is 0 Å². The first-order valence-electron chi connectivity index (χ1n) is 8.67. The van der Waals surface area contributed by atoms with Crippen LogP contribution in [0.5, 0.6) is 0 Å². The molecule has 4 rings (SSSR count). The predicted octanol–water partition coefficient (Wildman–Crippen LogP) is 4.11. The van der Waals surface area contributed by atoms with Gasteiger partial charge in [0.1, 0.15) is 0 Å². The number of fused-ring (bicyclic) bond motifs is 1. The molecule has 1 aromatic heterocycles. The zero-order chi connectivity index (χ0) is 17.2. The molecule has 0 saturated heterocycles. The zero-order valence-electron chi connectivity index (χ0n) is 14.5. The number of hydrogen-bond donors (Lipinski definition) is 0. The second-order valence-electron chi connectivity index (χ2n) is 6.25. The van der Waals surface area contributed by atoms with E-state index in [-0.39, 0.29) is 0 Å². The summed E-state index contributed by atoms with van der Waals surface area (Å²) in [7, 11) is 0. The number of nitrogens with zero attached hydrogens (tertiary/aromatic N) is 5. The summed E-state index contributed by atoms with van der Waals surface area (Å²) < 4.78 is 0. The molecule has 0 saturated carbocycles. The van der Waals surface area contributed by atoms with E-state index in [9.17, 15) is 0 Å². The van der Waals surface area contributed by atoms with Gasteiger partial charge in [-0.2, -0.15) is 10.1 Å². The van der Waals surface area contributed by atoms with E-state index in [4.69, 9.17) is 4.98 Å². The Bertz CT molecular complexity index is 865. The molecule has 1 aliphatic heterocycles. The summed E-state index contributed by atoms with van der Waals surface area (Å²) in [4.78, 5) is 9.16. The quantitative estimate of drug-likeness (QED) is 0.720. The van der Waals surface area contributed by atoms with Crippen LogP contribution < -0.4 is 9.80 Å². The lowest BCUT2D eigenvalue weighted by Gasteiger charge is -2.25. The van der Waals surface area contributed by atoms with E-state index < -0.39 is 0 Å². The molecule has 3 aromatic rings. The maximum Gasteiger partial charge on any atom is 0.252 e. The van der Waals surface area contributed by atoms with E-state index in [1.165, 1.54) is 11.3 Å². The molecular formula is C20H21N5. The van der Waals surface area contributed by atoms with Gasteiger partial charge in [0.15, 0.2) is 5.82 Å². The van der Waals surface area contributed by atoms with Crippen molar-refractivity contribution >= 4 is 23.1 Å². The fraction of sp³-hybridized carbons (Fsp3) is 0.250. The van der Waals surface area contributed by atoms with Gasteiger partial charge in [-0.15, -0.1) is 5.10 Å². The Labute approximate surface area is 148 Å². The van der Waals surface area contributed by atoms with Crippen LogP contribution in [0, 0.1) is 0 Å². The molecule has 0 aliphatic carbocycles. The van der Waals surface area contributed by atoms with E-state index >= 15 is 0 Å². The van der Waals surface area contributed by atoms with Crippen LogP contribution in [0.3, 0.4) is 0 Å². The van der Waals surface area contributed by atoms with Crippen molar-refractivity contribution in [2.75, 3.05) is 16.3 Å². The van der Waals surface area contributed by atoms with Crippen LogP contribution in [0.15, 0.2) is 60.8 Å². The minimum Gasteiger partial charge on any atom is -0.325 e. The van der Waals surface area contributed by atoms with Crippen molar-refractivity contribution in [2.45, 2.75) is 26.3 Å². The van der Waals surface area contributed by atoms with Crippen molar-refractivity contribution in [3.8, 4) is 0 Å². The third-order valence-corrected chi connectivity index (χ3v) is 4.62. The van der Waals surface area contributed by atoms with Crippen LogP contribution in [-0.4, -0.2) is 27.8 Å². The van der Waals surface area contributed by atoms with Gasteiger partial charge in [0.25, 0.3) is 5.95 Å². The van der Waals surface area contributed by atoms with Crippen molar-refractivity contribution in [1.29, 1.82) is 0 Å². The summed E-state index contributed by atoms with van der Waals surface area (Å²) in [5.74, 6) is 1.47. The topological polar surface area (TPSA) is 45.2 Å². The van der Waals surface area contributed by atoms with Crippen molar-refractivity contribution in [1.82, 2.24) is 15.2 Å². The molecular weight excluding hydrogens is 310 g/mol. The van der Waals surface area contributed by atoms with E-state index in [2.05, 4.69) is 70.2 Å². The molecule has 0 radical (unpaired) electrons.